The predicted molar refractivity (Wildman–Crippen MR) is 101 cm³/mol. The van der Waals surface area contributed by atoms with Gasteiger partial charge in [0, 0.05) is 6.04 Å². The molecule has 142 valence electrons. The van der Waals surface area contributed by atoms with Crippen molar-refractivity contribution in [3.05, 3.63) is 78.0 Å². The molecule has 1 heterocycles. The Balaban J connectivity index is 1.45. The Morgan fingerprint density at radius 2 is 2.07 bits per heavy atom. The van der Waals surface area contributed by atoms with Crippen molar-refractivity contribution >= 4 is 15.9 Å². The van der Waals surface area contributed by atoms with Crippen molar-refractivity contribution in [1.29, 1.82) is 0 Å². The lowest BCUT2D eigenvalue weighted by atomic mass is 10.0. The zero-order valence-electron chi connectivity index (χ0n) is 14.7. The van der Waals surface area contributed by atoms with E-state index in [-0.39, 0.29) is 30.7 Å². The minimum Gasteiger partial charge on any atom is -0.447 e. The number of allylic oxidation sites excluding steroid dienone is 1. The number of aromatic nitrogens is 1. The molecular formula is C19H21N3O4S. The second-order valence-electron chi connectivity index (χ2n) is 6.26. The first-order valence-electron chi connectivity index (χ1n) is 8.55. The van der Waals surface area contributed by atoms with Gasteiger partial charge in [-0.1, -0.05) is 48.6 Å². The maximum absolute atomic E-state index is 12.3. The van der Waals surface area contributed by atoms with Gasteiger partial charge in [0.1, 0.15) is 5.76 Å². The highest BCUT2D eigenvalue weighted by molar-refractivity contribution is 7.88. The fourth-order valence-corrected chi connectivity index (χ4v) is 4.06. The van der Waals surface area contributed by atoms with Crippen molar-refractivity contribution < 1.29 is 17.6 Å². The van der Waals surface area contributed by atoms with Crippen LogP contribution in [0, 0.1) is 0 Å². The Morgan fingerprint density at radius 1 is 1.26 bits per heavy atom. The van der Waals surface area contributed by atoms with Crippen LogP contribution in [0.2, 0.25) is 0 Å². The lowest BCUT2D eigenvalue weighted by Crippen LogP contribution is -2.35. The van der Waals surface area contributed by atoms with Crippen molar-refractivity contribution in [3.63, 3.8) is 0 Å². The Hall–Kier alpha value is -2.71. The highest BCUT2D eigenvalue weighted by Gasteiger charge is 2.18. The first-order chi connectivity index (χ1) is 13.0. The van der Waals surface area contributed by atoms with Gasteiger partial charge in [0.05, 0.1) is 24.9 Å². The van der Waals surface area contributed by atoms with Crippen molar-refractivity contribution in [3.8, 4) is 0 Å². The van der Waals surface area contributed by atoms with Gasteiger partial charge in [-0.05, 0) is 17.6 Å². The van der Waals surface area contributed by atoms with Crippen molar-refractivity contribution in [2.45, 2.75) is 31.2 Å². The Kier molecular flexibility index (Phi) is 6.20. The molecule has 0 radical (unpaired) electrons. The number of nitrogens with one attached hydrogen (secondary N) is 2. The SMILES string of the molecule is O=C(CC1=CCC(NS(=O)(=O)Cc2ccccc2)C=C1)NCc1cnco1. The molecule has 0 saturated heterocycles. The third-order valence-electron chi connectivity index (χ3n) is 4.01. The second kappa shape index (κ2) is 8.79. The van der Waals surface area contributed by atoms with Crippen molar-refractivity contribution in [2.24, 2.45) is 0 Å². The molecule has 7 nitrogen and oxygen atoms in total. The van der Waals surface area contributed by atoms with Crippen LogP contribution in [0.15, 0.2) is 71.1 Å². The molecule has 1 aromatic carbocycles. The monoisotopic (exact) mass is 387 g/mol. The van der Waals surface area contributed by atoms with E-state index in [0.29, 0.717) is 12.2 Å². The van der Waals surface area contributed by atoms with E-state index in [1.54, 1.807) is 30.5 Å². The molecule has 0 spiro atoms. The van der Waals surface area contributed by atoms with E-state index >= 15 is 0 Å². The van der Waals surface area contributed by atoms with E-state index in [0.717, 1.165) is 11.1 Å². The summed E-state index contributed by atoms with van der Waals surface area (Å²) in [6.45, 7) is 0.289. The fourth-order valence-electron chi connectivity index (χ4n) is 2.71. The van der Waals surface area contributed by atoms with E-state index < -0.39 is 10.0 Å². The lowest BCUT2D eigenvalue weighted by Gasteiger charge is -2.18. The van der Waals surface area contributed by atoms with Gasteiger partial charge in [-0.3, -0.25) is 4.79 Å². The molecule has 1 unspecified atom stereocenters. The van der Waals surface area contributed by atoms with Gasteiger partial charge in [-0.2, -0.15) is 0 Å². The lowest BCUT2D eigenvalue weighted by molar-refractivity contribution is -0.120. The number of benzene rings is 1. The van der Waals surface area contributed by atoms with Crippen molar-refractivity contribution in [1.82, 2.24) is 15.0 Å². The number of carbonyl (C=O) groups excluding carboxylic acids is 1. The molecule has 0 aliphatic heterocycles. The molecule has 27 heavy (non-hydrogen) atoms. The smallest absolute Gasteiger partial charge is 0.224 e. The highest BCUT2D eigenvalue weighted by Crippen LogP contribution is 2.15. The molecular weight excluding hydrogens is 366 g/mol. The number of nitrogens with zero attached hydrogens (tertiary/aromatic N) is 1. The number of carbonyl (C=O) groups is 1. The molecule has 0 saturated carbocycles. The van der Waals surface area contributed by atoms with Crippen LogP contribution in [0.1, 0.15) is 24.2 Å². The maximum Gasteiger partial charge on any atom is 0.224 e. The Labute approximate surface area is 158 Å². The number of rotatable bonds is 8. The molecule has 2 N–H and O–H groups in total. The first-order valence-corrected chi connectivity index (χ1v) is 10.2. The summed E-state index contributed by atoms with van der Waals surface area (Å²) >= 11 is 0. The average Bonchev–Trinajstić information content (AvgIpc) is 3.15. The molecule has 1 aliphatic carbocycles. The molecule has 1 amide bonds. The van der Waals surface area contributed by atoms with Crippen LogP contribution >= 0.6 is 0 Å². The molecule has 0 bridgehead atoms. The molecule has 1 atom stereocenters. The maximum atomic E-state index is 12.3. The molecule has 0 fully saturated rings. The van der Waals surface area contributed by atoms with Gasteiger partial charge in [-0.25, -0.2) is 18.1 Å². The summed E-state index contributed by atoms with van der Waals surface area (Å²) in [5.41, 5.74) is 1.59. The zero-order chi connectivity index (χ0) is 19.1. The largest absolute Gasteiger partial charge is 0.447 e. The number of amides is 1. The normalized spacial score (nSPS) is 16.7. The topological polar surface area (TPSA) is 101 Å². The highest BCUT2D eigenvalue weighted by atomic mass is 32.2. The van der Waals surface area contributed by atoms with Crippen LogP contribution < -0.4 is 10.0 Å². The van der Waals surface area contributed by atoms with Crippen LogP contribution in [-0.4, -0.2) is 25.4 Å². The summed E-state index contributed by atoms with van der Waals surface area (Å²) in [6, 6.07) is 8.74. The first kappa shape index (κ1) is 19.1. The number of hydrogen-bond donors (Lipinski definition) is 2. The zero-order valence-corrected chi connectivity index (χ0v) is 15.5. The van der Waals surface area contributed by atoms with E-state index in [1.165, 1.54) is 6.39 Å². The Morgan fingerprint density at radius 3 is 2.74 bits per heavy atom. The van der Waals surface area contributed by atoms with E-state index in [4.69, 9.17) is 4.42 Å². The van der Waals surface area contributed by atoms with Crippen LogP contribution in [-0.2, 0) is 27.1 Å². The number of hydrogen-bond acceptors (Lipinski definition) is 5. The minimum atomic E-state index is -3.43. The third kappa shape index (κ3) is 6.19. The summed E-state index contributed by atoms with van der Waals surface area (Å²) in [5.74, 6) is 0.397. The number of oxazole rings is 1. The van der Waals surface area contributed by atoms with Crippen molar-refractivity contribution in [2.75, 3.05) is 0 Å². The second-order valence-corrected chi connectivity index (χ2v) is 8.02. The minimum absolute atomic E-state index is 0.0568. The molecule has 2 aromatic rings. The van der Waals surface area contributed by atoms with Gasteiger partial charge in [0.2, 0.25) is 15.9 Å². The van der Waals surface area contributed by atoms with E-state index in [9.17, 15) is 13.2 Å². The van der Waals surface area contributed by atoms with Crippen LogP contribution in [0.5, 0.6) is 0 Å². The van der Waals surface area contributed by atoms with Crippen LogP contribution in [0.3, 0.4) is 0 Å². The third-order valence-corrected chi connectivity index (χ3v) is 5.39. The Bertz CT molecular complexity index is 919. The van der Waals surface area contributed by atoms with E-state index in [2.05, 4.69) is 15.0 Å². The summed E-state index contributed by atoms with van der Waals surface area (Å²) in [4.78, 5) is 15.7. The fraction of sp³-hybridized carbons (Fsp3) is 0.263. The summed E-state index contributed by atoms with van der Waals surface area (Å²) in [7, 11) is -3.43. The van der Waals surface area contributed by atoms with Crippen LogP contribution in [0.25, 0.3) is 0 Å². The van der Waals surface area contributed by atoms with Gasteiger partial charge in [0.25, 0.3) is 0 Å². The summed E-state index contributed by atoms with van der Waals surface area (Å²) in [6.07, 6.45) is 9.04. The van der Waals surface area contributed by atoms with Crippen LogP contribution in [0.4, 0.5) is 0 Å². The van der Waals surface area contributed by atoms with Gasteiger partial charge >= 0.3 is 0 Å². The predicted octanol–water partition coefficient (Wildman–Crippen LogP) is 2.06. The van der Waals surface area contributed by atoms with Gasteiger partial charge < -0.3 is 9.73 Å². The standard InChI is InChI=1S/C19H21N3O4S/c23-19(21-12-18-11-20-14-26-18)10-15-6-8-17(9-7-15)22-27(24,25)13-16-4-2-1-3-5-16/h1-8,11,14,17,22H,9-10,12-13H2,(H,21,23). The molecule has 3 rings (SSSR count). The van der Waals surface area contributed by atoms with Gasteiger partial charge in [0.15, 0.2) is 6.39 Å². The van der Waals surface area contributed by atoms with E-state index in [1.807, 2.05) is 24.3 Å². The number of sulfonamides is 1. The molecule has 8 heteroatoms. The summed E-state index contributed by atoms with van der Waals surface area (Å²) < 4.78 is 32.3. The molecule has 1 aliphatic rings. The average molecular weight is 387 g/mol. The van der Waals surface area contributed by atoms with Gasteiger partial charge in [-0.15, -0.1) is 0 Å². The quantitative estimate of drug-likeness (QED) is 0.722. The summed E-state index contributed by atoms with van der Waals surface area (Å²) in [5, 5.41) is 2.75. The molecule has 1 aromatic heterocycles.